The lowest BCUT2D eigenvalue weighted by Gasteiger charge is -2.31. The van der Waals surface area contributed by atoms with E-state index in [1.165, 1.54) is 0 Å². The quantitative estimate of drug-likeness (QED) is 0.431. The summed E-state index contributed by atoms with van der Waals surface area (Å²) in [6.07, 6.45) is 9.28. The van der Waals surface area contributed by atoms with Crippen LogP contribution in [0.25, 0.3) is 22.2 Å². The van der Waals surface area contributed by atoms with Crippen LogP contribution in [-0.4, -0.2) is 83.1 Å². The Labute approximate surface area is 219 Å². The number of unbranched alkanes of at least 4 members (excludes halogenated alkanes) is 1. The van der Waals surface area contributed by atoms with Gasteiger partial charge in [-0.25, -0.2) is 13.4 Å². The Balaban J connectivity index is 1.47. The Morgan fingerprint density at radius 1 is 1.05 bits per heavy atom. The fourth-order valence-corrected chi connectivity index (χ4v) is 6.74. The van der Waals surface area contributed by atoms with Crippen molar-refractivity contribution in [2.24, 2.45) is 0 Å². The van der Waals surface area contributed by atoms with Crippen LogP contribution in [0.2, 0.25) is 0 Å². The number of hydrogen-bond donors (Lipinski definition) is 2. The molecule has 2 fully saturated rings. The zero-order chi connectivity index (χ0) is 26.0. The first-order valence-electron chi connectivity index (χ1n) is 13.5. The molecular weight excluding hydrogens is 488 g/mol. The summed E-state index contributed by atoms with van der Waals surface area (Å²) >= 11 is 0. The summed E-state index contributed by atoms with van der Waals surface area (Å²) in [4.78, 5) is 11.9. The van der Waals surface area contributed by atoms with Gasteiger partial charge in [0.05, 0.1) is 11.0 Å². The highest BCUT2D eigenvalue weighted by Gasteiger charge is 2.28. The van der Waals surface area contributed by atoms with Crippen LogP contribution in [0, 0.1) is 0 Å². The molecule has 2 aromatic heterocycles. The number of aliphatic hydroxyl groups excluding tert-OH is 1. The highest BCUT2D eigenvalue weighted by Crippen LogP contribution is 2.37. The summed E-state index contributed by atoms with van der Waals surface area (Å²) in [7, 11) is -1.50. The van der Waals surface area contributed by atoms with Gasteiger partial charge in [0.2, 0.25) is 16.0 Å². The predicted molar refractivity (Wildman–Crippen MR) is 146 cm³/mol. The second-order valence-electron chi connectivity index (χ2n) is 10.4. The standard InChI is InChI=1S/C27H38N6O3S/c1-3-4-13-28-27-29-18-24-25(19-33(26(24)30-27)21-7-9-22(34)10-8-21)20-5-11-23(12-6-20)37(35,36)32-16-14-31(2)15-17-32/h5-6,11-12,18-19,21-22,34H,3-4,7-10,13-17H2,1-2H3,(H,28,29,30). The Morgan fingerprint density at radius 3 is 2.43 bits per heavy atom. The highest BCUT2D eigenvalue weighted by molar-refractivity contribution is 7.89. The summed E-state index contributed by atoms with van der Waals surface area (Å²) in [6, 6.07) is 7.46. The number of aliphatic hydroxyl groups is 1. The molecule has 2 aliphatic rings. The third kappa shape index (κ3) is 5.52. The minimum Gasteiger partial charge on any atom is -0.393 e. The Hall–Kier alpha value is -2.53. The molecule has 1 aliphatic carbocycles. The molecule has 0 atom stereocenters. The molecule has 5 rings (SSSR count). The lowest BCUT2D eigenvalue weighted by atomic mass is 9.93. The number of anilines is 1. The number of likely N-dealkylation sites (N-methyl/N-ethyl adjacent to an activating group) is 1. The van der Waals surface area contributed by atoms with Gasteiger partial charge >= 0.3 is 0 Å². The molecule has 0 radical (unpaired) electrons. The number of sulfonamides is 1. The third-order valence-corrected chi connectivity index (χ3v) is 9.62. The van der Waals surface area contributed by atoms with Gasteiger partial charge in [0.1, 0.15) is 5.65 Å². The molecule has 0 amide bonds. The molecule has 1 saturated heterocycles. The Kier molecular flexibility index (Phi) is 7.80. The zero-order valence-corrected chi connectivity index (χ0v) is 22.6. The van der Waals surface area contributed by atoms with Crippen LogP contribution in [-0.2, 0) is 10.0 Å². The highest BCUT2D eigenvalue weighted by atomic mass is 32.2. The topological polar surface area (TPSA) is 104 Å². The summed E-state index contributed by atoms with van der Waals surface area (Å²) in [5.41, 5.74) is 2.80. The molecule has 1 aromatic carbocycles. The van der Waals surface area contributed by atoms with E-state index in [0.717, 1.165) is 80.3 Å². The molecule has 0 spiro atoms. The minimum atomic E-state index is -3.52. The van der Waals surface area contributed by atoms with Crippen molar-refractivity contribution < 1.29 is 13.5 Å². The van der Waals surface area contributed by atoms with Gasteiger partial charge in [-0.1, -0.05) is 25.5 Å². The van der Waals surface area contributed by atoms with Crippen LogP contribution in [0.5, 0.6) is 0 Å². The minimum absolute atomic E-state index is 0.228. The lowest BCUT2D eigenvalue weighted by Crippen LogP contribution is -2.46. The van der Waals surface area contributed by atoms with Gasteiger partial charge in [0.15, 0.2) is 0 Å². The molecular formula is C27H38N6O3S. The molecule has 9 nitrogen and oxygen atoms in total. The maximum absolute atomic E-state index is 13.2. The monoisotopic (exact) mass is 526 g/mol. The van der Waals surface area contributed by atoms with Crippen LogP contribution in [0.15, 0.2) is 41.6 Å². The van der Waals surface area contributed by atoms with Crippen LogP contribution in [0.3, 0.4) is 0 Å². The summed E-state index contributed by atoms with van der Waals surface area (Å²) in [5.74, 6) is 0.622. The molecule has 37 heavy (non-hydrogen) atoms. The fourth-order valence-electron chi connectivity index (χ4n) is 5.32. The first-order valence-corrected chi connectivity index (χ1v) is 14.9. The second kappa shape index (κ2) is 11.1. The van der Waals surface area contributed by atoms with Crippen molar-refractivity contribution in [2.75, 3.05) is 45.1 Å². The molecule has 3 aromatic rings. The Bertz CT molecular complexity index is 1310. The van der Waals surface area contributed by atoms with E-state index >= 15 is 0 Å². The number of nitrogens with zero attached hydrogens (tertiary/aromatic N) is 5. The normalized spacial score (nSPS) is 21.9. The number of aromatic nitrogens is 3. The largest absolute Gasteiger partial charge is 0.393 e. The molecule has 1 saturated carbocycles. The summed E-state index contributed by atoms with van der Waals surface area (Å²) in [5, 5.41) is 14.3. The van der Waals surface area contributed by atoms with Crippen molar-refractivity contribution in [3.8, 4) is 11.1 Å². The van der Waals surface area contributed by atoms with E-state index in [9.17, 15) is 13.5 Å². The van der Waals surface area contributed by atoms with Crippen molar-refractivity contribution in [1.82, 2.24) is 23.7 Å². The Morgan fingerprint density at radius 2 is 1.76 bits per heavy atom. The van der Waals surface area contributed by atoms with E-state index in [4.69, 9.17) is 4.98 Å². The predicted octanol–water partition coefficient (Wildman–Crippen LogP) is 3.72. The van der Waals surface area contributed by atoms with Gasteiger partial charge in [0, 0.05) is 62.1 Å². The molecule has 3 heterocycles. The number of piperazine rings is 1. The smallest absolute Gasteiger partial charge is 0.243 e. The molecule has 10 heteroatoms. The van der Waals surface area contributed by atoms with Gasteiger partial charge in [-0.05, 0) is 56.8 Å². The maximum Gasteiger partial charge on any atom is 0.243 e. The van der Waals surface area contributed by atoms with Gasteiger partial charge in [-0.3, -0.25) is 0 Å². The van der Waals surface area contributed by atoms with Gasteiger partial charge in [-0.2, -0.15) is 9.29 Å². The number of fused-ring (bicyclic) bond motifs is 1. The van der Waals surface area contributed by atoms with Gasteiger partial charge in [-0.15, -0.1) is 0 Å². The van der Waals surface area contributed by atoms with Crippen molar-refractivity contribution in [2.45, 2.75) is 62.5 Å². The number of nitrogens with one attached hydrogen (secondary N) is 1. The maximum atomic E-state index is 13.2. The molecule has 2 N–H and O–H groups in total. The lowest BCUT2D eigenvalue weighted by molar-refractivity contribution is 0.111. The molecule has 0 bridgehead atoms. The van der Waals surface area contributed by atoms with Gasteiger partial charge < -0.3 is 19.9 Å². The SMILES string of the molecule is CCCCNc1ncc2c(-c3ccc(S(=O)(=O)N4CCN(C)CC4)cc3)cn(C3CCC(O)CC3)c2n1. The number of hydrogen-bond acceptors (Lipinski definition) is 7. The van der Waals surface area contributed by atoms with Crippen molar-refractivity contribution in [3.63, 3.8) is 0 Å². The number of rotatable bonds is 8. The molecule has 200 valence electrons. The van der Waals surface area contributed by atoms with E-state index < -0.39 is 10.0 Å². The second-order valence-corrected chi connectivity index (χ2v) is 12.3. The van der Waals surface area contributed by atoms with Crippen molar-refractivity contribution in [3.05, 3.63) is 36.7 Å². The first-order chi connectivity index (χ1) is 17.9. The molecule has 0 unspecified atom stereocenters. The van der Waals surface area contributed by atoms with Crippen LogP contribution < -0.4 is 5.32 Å². The third-order valence-electron chi connectivity index (χ3n) is 7.71. The van der Waals surface area contributed by atoms with Crippen molar-refractivity contribution in [1.29, 1.82) is 0 Å². The van der Waals surface area contributed by atoms with E-state index in [1.54, 1.807) is 16.4 Å². The summed E-state index contributed by atoms with van der Waals surface area (Å²) in [6.45, 7) is 5.48. The van der Waals surface area contributed by atoms with Crippen LogP contribution in [0.1, 0.15) is 51.5 Å². The van der Waals surface area contributed by atoms with E-state index in [2.05, 4.69) is 32.9 Å². The van der Waals surface area contributed by atoms with Crippen LogP contribution in [0.4, 0.5) is 5.95 Å². The van der Waals surface area contributed by atoms with Crippen molar-refractivity contribution >= 4 is 27.0 Å². The van der Waals surface area contributed by atoms with E-state index in [0.29, 0.717) is 23.9 Å². The average Bonchev–Trinajstić information content (AvgIpc) is 3.28. The van der Waals surface area contributed by atoms with E-state index in [1.807, 2.05) is 25.4 Å². The van der Waals surface area contributed by atoms with Crippen LogP contribution >= 0.6 is 0 Å². The fraction of sp³-hybridized carbons (Fsp3) is 0.556. The van der Waals surface area contributed by atoms with Gasteiger partial charge in [0.25, 0.3) is 0 Å². The van der Waals surface area contributed by atoms with E-state index in [-0.39, 0.29) is 12.1 Å². The molecule has 1 aliphatic heterocycles. The number of benzene rings is 1. The zero-order valence-electron chi connectivity index (χ0n) is 21.8. The summed E-state index contributed by atoms with van der Waals surface area (Å²) < 4.78 is 30.2. The average molecular weight is 527 g/mol. The first kappa shape index (κ1) is 26.1.